The van der Waals surface area contributed by atoms with Crippen molar-refractivity contribution in [1.29, 1.82) is 0 Å². The fraction of sp³-hybridized carbons (Fsp3) is 1.00. The Morgan fingerprint density at radius 1 is 1.07 bits per heavy atom. The summed E-state index contributed by atoms with van der Waals surface area (Å²) in [4.78, 5) is 0. The first-order valence-electron chi connectivity index (χ1n) is 6.53. The quantitative estimate of drug-likeness (QED) is 0.730. The van der Waals surface area contributed by atoms with Crippen LogP contribution in [0.15, 0.2) is 0 Å². The second-order valence-electron chi connectivity index (χ2n) is 6.58. The lowest BCUT2D eigenvalue weighted by Crippen LogP contribution is -2.56. The van der Waals surface area contributed by atoms with Crippen LogP contribution in [0.4, 0.5) is 0 Å². The number of hydrogen-bond acceptors (Lipinski definition) is 2. The van der Waals surface area contributed by atoms with E-state index in [1.54, 1.807) is 0 Å². The molecule has 4 aliphatic carbocycles. The van der Waals surface area contributed by atoms with Gasteiger partial charge >= 0.3 is 0 Å². The normalized spacial score (nSPS) is 51.8. The van der Waals surface area contributed by atoms with E-state index in [9.17, 15) is 5.11 Å². The average Bonchev–Trinajstić information content (AvgIpc) is 2.14. The van der Waals surface area contributed by atoms with Crippen molar-refractivity contribution in [3.05, 3.63) is 0 Å². The van der Waals surface area contributed by atoms with Gasteiger partial charge in [0.15, 0.2) is 0 Å². The van der Waals surface area contributed by atoms with Crippen molar-refractivity contribution in [2.45, 2.75) is 57.6 Å². The van der Waals surface area contributed by atoms with E-state index < -0.39 is 0 Å². The number of rotatable bonds is 2. The molecule has 4 saturated carbocycles. The van der Waals surface area contributed by atoms with Crippen molar-refractivity contribution in [3.8, 4) is 0 Å². The molecule has 86 valence electrons. The van der Waals surface area contributed by atoms with Crippen molar-refractivity contribution in [2.75, 3.05) is 0 Å². The lowest BCUT2D eigenvalue weighted by atomic mass is 9.47. The Hall–Kier alpha value is -0.0800. The van der Waals surface area contributed by atoms with Gasteiger partial charge in [0.05, 0.1) is 6.10 Å². The molecule has 1 unspecified atom stereocenters. The lowest BCUT2D eigenvalue weighted by molar-refractivity contribution is -0.125. The monoisotopic (exact) mass is 209 g/mol. The van der Waals surface area contributed by atoms with E-state index in [4.69, 9.17) is 5.73 Å². The average molecular weight is 209 g/mol. The zero-order valence-electron chi connectivity index (χ0n) is 9.65. The van der Waals surface area contributed by atoms with Crippen LogP contribution in [0, 0.1) is 23.2 Å². The third-order valence-corrected chi connectivity index (χ3v) is 5.21. The molecule has 15 heavy (non-hydrogen) atoms. The van der Waals surface area contributed by atoms with Crippen LogP contribution in [0.5, 0.6) is 0 Å². The molecule has 4 rings (SSSR count). The Balaban J connectivity index is 1.86. The van der Waals surface area contributed by atoms with Gasteiger partial charge in [-0.1, -0.05) is 0 Å². The Morgan fingerprint density at radius 3 is 1.80 bits per heavy atom. The standard InChI is InChI=1S/C13H23NO/c1-8(14)12(15)13-5-9-2-10(6-13)4-11(3-9)7-13/h8-12,15H,2-7,14H2,1H3/t8-,9?,10?,11?,12?,13?/m1/s1. The fourth-order valence-corrected chi connectivity index (χ4v) is 5.10. The minimum absolute atomic E-state index is 0.0544. The maximum Gasteiger partial charge on any atom is 0.0744 e. The van der Waals surface area contributed by atoms with Gasteiger partial charge in [-0.3, -0.25) is 0 Å². The van der Waals surface area contributed by atoms with Gasteiger partial charge in [-0.2, -0.15) is 0 Å². The highest BCUT2D eigenvalue weighted by molar-refractivity contribution is 5.05. The van der Waals surface area contributed by atoms with Crippen molar-refractivity contribution in [1.82, 2.24) is 0 Å². The lowest BCUT2D eigenvalue weighted by Gasteiger charge is -2.59. The van der Waals surface area contributed by atoms with Crippen molar-refractivity contribution >= 4 is 0 Å². The largest absolute Gasteiger partial charge is 0.391 e. The predicted molar refractivity (Wildman–Crippen MR) is 60.3 cm³/mol. The molecule has 0 amide bonds. The van der Waals surface area contributed by atoms with Gasteiger partial charge in [-0.05, 0) is 68.6 Å². The minimum Gasteiger partial charge on any atom is -0.391 e. The van der Waals surface area contributed by atoms with Gasteiger partial charge in [0, 0.05) is 6.04 Å². The molecule has 0 saturated heterocycles. The van der Waals surface area contributed by atoms with E-state index in [1.807, 2.05) is 6.92 Å². The molecular weight excluding hydrogens is 186 g/mol. The summed E-state index contributed by atoms with van der Waals surface area (Å²) in [6.07, 6.45) is 7.80. The SMILES string of the molecule is C[C@@H](N)C(O)C12CC3CC(CC(C3)C1)C2. The van der Waals surface area contributed by atoms with Crippen molar-refractivity contribution in [2.24, 2.45) is 28.9 Å². The summed E-state index contributed by atoms with van der Waals surface area (Å²) >= 11 is 0. The first-order chi connectivity index (χ1) is 7.09. The van der Waals surface area contributed by atoms with Crippen LogP contribution in [0.3, 0.4) is 0 Å². The van der Waals surface area contributed by atoms with Crippen LogP contribution in [-0.2, 0) is 0 Å². The van der Waals surface area contributed by atoms with E-state index in [-0.39, 0.29) is 17.6 Å². The number of hydrogen-bond donors (Lipinski definition) is 2. The smallest absolute Gasteiger partial charge is 0.0744 e. The van der Waals surface area contributed by atoms with E-state index >= 15 is 0 Å². The molecule has 4 fully saturated rings. The fourth-order valence-electron chi connectivity index (χ4n) is 5.10. The maximum absolute atomic E-state index is 10.4. The Bertz CT molecular complexity index is 226. The molecule has 0 aromatic heterocycles. The minimum atomic E-state index is -0.258. The molecule has 2 nitrogen and oxygen atoms in total. The summed E-state index contributed by atoms with van der Waals surface area (Å²) in [5, 5.41) is 10.4. The van der Waals surface area contributed by atoms with Crippen LogP contribution in [0.2, 0.25) is 0 Å². The first-order valence-corrected chi connectivity index (χ1v) is 6.53. The van der Waals surface area contributed by atoms with Gasteiger partial charge < -0.3 is 10.8 Å². The summed E-state index contributed by atoms with van der Waals surface area (Å²) in [5.41, 5.74) is 6.12. The molecule has 3 N–H and O–H groups in total. The van der Waals surface area contributed by atoms with E-state index in [0.717, 1.165) is 17.8 Å². The zero-order valence-corrected chi connectivity index (χ0v) is 9.65. The number of aliphatic hydroxyl groups is 1. The molecule has 2 heteroatoms. The summed E-state index contributed by atoms with van der Waals surface area (Å²) in [6.45, 7) is 1.96. The van der Waals surface area contributed by atoms with Crippen LogP contribution in [-0.4, -0.2) is 17.3 Å². The predicted octanol–water partition coefficient (Wildman–Crippen LogP) is 1.91. The molecule has 0 heterocycles. The molecule has 0 aliphatic heterocycles. The highest BCUT2D eigenvalue weighted by Gasteiger charge is 2.54. The molecule has 0 radical (unpaired) electrons. The highest BCUT2D eigenvalue weighted by atomic mass is 16.3. The van der Waals surface area contributed by atoms with Crippen LogP contribution < -0.4 is 5.73 Å². The summed E-state index contributed by atoms with van der Waals surface area (Å²) in [7, 11) is 0. The van der Waals surface area contributed by atoms with Gasteiger partial charge in [0.25, 0.3) is 0 Å². The number of aliphatic hydroxyl groups excluding tert-OH is 1. The topological polar surface area (TPSA) is 46.2 Å². The summed E-state index contributed by atoms with van der Waals surface area (Å²) in [6, 6.07) is -0.0544. The van der Waals surface area contributed by atoms with Crippen molar-refractivity contribution in [3.63, 3.8) is 0 Å². The Morgan fingerprint density at radius 2 is 1.47 bits per heavy atom. The second-order valence-corrected chi connectivity index (χ2v) is 6.58. The molecule has 4 aliphatic rings. The van der Waals surface area contributed by atoms with Crippen LogP contribution in [0.25, 0.3) is 0 Å². The Kier molecular flexibility index (Phi) is 2.16. The van der Waals surface area contributed by atoms with Crippen LogP contribution >= 0.6 is 0 Å². The molecule has 0 aromatic rings. The van der Waals surface area contributed by atoms with Crippen molar-refractivity contribution < 1.29 is 5.11 Å². The van der Waals surface area contributed by atoms with E-state index in [2.05, 4.69) is 0 Å². The maximum atomic E-state index is 10.4. The Labute approximate surface area is 92.2 Å². The van der Waals surface area contributed by atoms with E-state index in [1.165, 1.54) is 38.5 Å². The molecule has 4 bridgehead atoms. The van der Waals surface area contributed by atoms with Gasteiger partial charge in [0.1, 0.15) is 0 Å². The van der Waals surface area contributed by atoms with E-state index in [0.29, 0.717) is 0 Å². The molecular formula is C13H23NO. The summed E-state index contributed by atoms with van der Waals surface area (Å²) < 4.78 is 0. The first kappa shape index (κ1) is 10.1. The third-order valence-electron chi connectivity index (χ3n) is 5.21. The zero-order chi connectivity index (χ0) is 10.6. The van der Waals surface area contributed by atoms with Crippen LogP contribution in [0.1, 0.15) is 45.4 Å². The summed E-state index contributed by atoms with van der Waals surface area (Å²) in [5.74, 6) is 2.72. The molecule has 2 atom stereocenters. The third kappa shape index (κ3) is 1.45. The highest BCUT2D eigenvalue weighted by Crippen LogP contribution is 2.61. The second kappa shape index (κ2) is 3.21. The number of nitrogens with two attached hydrogens (primary N) is 1. The van der Waals surface area contributed by atoms with Gasteiger partial charge in [-0.25, -0.2) is 0 Å². The van der Waals surface area contributed by atoms with Gasteiger partial charge in [0.2, 0.25) is 0 Å². The van der Waals surface area contributed by atoms with Gasteiger partial charge in [-0.15, -0.1) is 0 Å². The molecule has 0 aromatic carbocycles. The molecule has 0 spiro atoms.